The Morgan fingerprint density at radius 1 is 1.16 bits per heavy atom. The average molecular weight is 341 g/mol. The molecule has 0 saturated carbocycles. The Kier molecular flexibility index (Phi) is 6.51. The Morgan fingerprint density at radius 2 is 1.88 bits per heavy atom. The maximum Gasteiger partial charge on any atom is 0.357 e. The lowest BCUT2D eigenvalue weighted by Crippen LogP contribution is -2.30. The quantitative estimate of drug-likeness (QED) is 0.784. The predicted molar refractivity (Wildman–Crippen MR) is 97.7 cm³/mol. The van der Waals surface area contributed by atoms with Gasteiger partial charge < -0.3 is 15.0 Å². The van der Waals surface area contributed by atoms with Crippen molar-refractivity contribution in [1.29, 1.82) is 0 Å². The molecule has 2 rings (SSSR count). The zero-order chi connectivity index (χ0) is 18.2. The van der Waals surface area contributed by atoms with Crippen LogP contribution in [0.3, 0.4) is 0 Å². The zero-order valence-electron chi connectivity index (χ0n) is 14.7. The SMILES string of the molecule is CCN(c1ccc(NC(=O)COC(=O)c2ccccn2)cc1)C(C)C. The van der Waals surface area contributed by atoms with Crippen molar-refractivity contribution in [2.24, 2.45) is 0 Å². The minimum atomic E-state index is -0.624. The topological polar surface area (TPSA) is 71.5 Å². The van der Waals surface area contributed by atoms with Gasteiger partial charge in [0.2, 0.25) is 0 Å². The molecular formula is C19H23N3O3. The molecule has 6 nitrogen and oxygen atoms in total. The molecule has 0 radical (unpaired) electrons. The second-order valence-corrected chi connectivity index (χ2v) is 5.77. The first-order chi connectivity index (χ1) is 12.0. The summed E-state index contributed by atoms with van der Waals surface area (Å²) >= 11 is 0. The number of carbonyl (C=O) groups excluding carboxylic acids is 2. The first-order valence-corrected chi connectivity index (χ1v) is 8.26. The number of rotatable bonds is 7. The molecule has 1 amide bonds. The van der Waals surface area contributed by atoms with Crippen LogP contribution < -0.4 is 10.2 Å². The van der Waals surface area contributed by atoms with Crippen molar-refractivity contribution in [3.8, 4) is 0 Å². The smallest absolute Gasteiger partial charge is 0.357 e. The van der Waals surface area contributed by atoms with Gasteiger partial charge in [0.25, 0.3) is 5.91 Å². The van der Waals surface area contributed by atoms with Gasteiger partial charge in [0, 0.05) is 30.2 Å². The highest BCUT2D eigenvalue weighted by atomic mass is 16.5. The highest BCUT2D eigenvalue weighted by Gasteiger charge is 2.12. The number of benzene rings is 1. The summed E-state index contributed by atoms with van der Waals surface area (Å²) in [7, 11) is 0. The van der Waals surface area contributed by atoms with Gasteiger partial charge in [0.15, 0.2) is 6.61 Å². The fourth-order valence-electron chi connectivity index (χ4n) is 2.47. The van der Waals surface area contributed by atoms with E-state index in [0.29, 0.717) is 11.7 Å². The summed E-state index contributed by atoms with van der Waals surface area (Å²) in [4.78, 5) is 29.8. The number of pyridine rings is 1. The third kappa shape index (κ3) is 5.31. The van der Waals surface area contributed by atoms with E-state index in [2.05, 4.69) is 36.0 Å². The third-order valence-corrected chi connectivity index (χ3v) is 3.66. The molecule has 0 spiro atoms. The molecule has 1 aromatic heterocycles. The summed E-state index contributed by atoms with van der Waals surface area (Å²) in [6.45, 7) is 6.92. The molecule has 0 unspecified atom stereocenters. The number of nitrogens with one attached hydrogen (secondary N) is 1. The van der Waals surface area contributed by atoms with Crippen LogP contribution in [0.1, 0.15) is 31.3 Å². The van der Waals surface area contributed by atoms with Gasteiger partial charge in [-0.1, -0.05) is 6.07 Å². The second kappa shape index (κ2) is 8.82. The van der Waals surface area contributed by atoms with E-state index in [1.54, 1.807) is 12.1 Å². The van der Waals surface area contributed by atoms with E-state index >= 15 is 0 Å². The lowest BCUT2D eigenvalue weighted by atomic mass is 10.2. The number of aromatic nitrogens is 1. The van der Waals surface area contributed by atoms with E-state index in [4.69, 9.17) is 4.74 Å². The number of hydrogen-bond acceptors (Lipinski definition) is 5. The lowest BCUT2D eigenvalue weighted by molar-refractivity contribution is -0.119. The molecule has 1 N–H and O–H groups in total. The number of nitrogens with zero attached hydrogens (tertiary/aromatic N) is 2. The molecule has 132 valence electrons. The Morgan fingerprint density at radius 3 is 2.44 bits per heavy atom. The van der Waals surface area contributed by atoms with Crippen LogP contribution in [-0.4, -0.2) is 36.1 Å². The summed E-state index contributed by atoms with van der Waals surface area (Å²) in [5.74, 6) is -1.02. The number of ether oxygens (including phenoxy) is 1. The van der Waals surface area contributed by atoms with Gasteiger partial charge in [-0.3, -0.25) is 4.79 Å². The van der Waals surface area contributed by atoms with Crippen LogP contribution >= 0.6 is 0 Å². The Balaban J connectivity index is 1.87. The first kappa shape index (κ1) is 18.4. The van der Waals surface area contributed by atoms with Crippen molar-refractivity contribution < 1.29 is 14.3 Å². The van der Waals surface area contributed by atoms with Gasteiger partial charge in [0.1, 0.15) is 5.69 Å². The first-order valence-electron chi connectivity index (χ1n) is 8.26. The average Bonchev–Trinajstić information content (AvgIpc) is 2.62. The molecule has 0 aliphatic rings. The van der Waals surface area contributed by atoms with Gasteiger partial charge in [-0.25, -0.2) is 9.78 Å². The molecule has 1 heterocycles. The minimum absolute atomic E-state index is 0.174. The summed E-state index contributed by atoms with van der Waals surface area (Å²) in [6, 6.07) is 12.9. The van der Waals surface area contributed by atoms with Crippen molar-refractivity contribution >= 4 is 23.3 Å². The van der Waals surface area contributed by atoms with E-state index < -0.39 is 11.9 Å². The Bertz CT molecular complexity index is 700. The van der Waals surface area contributed by atoms with Crippen LogP contribution in [-0.2, 0) is 9.53 Å². The van der Waals surface area contributed by atoms with Crippen molar-refractivity contribution in [3.05, 3.63) is 54.4 Å². The minimum Gasteiger partial charge on any atom is -0.451 e. The third-order valence-electron chi connectivity index (χ3n) is 3.66. The van der Waals surface area contributed by atoms with Gasteiger partial charge >= 0.3 is 5.97 Å². The van der Waals surface area contributed by atoms with E-state index in [1.807, 2.05) is 24.3 Å². The molecule has 0 aliphatic carbocycles. The number of carbonyl (C=O) groups is 2. The van der Waals surface area contributed by atoms with E-state index in [-0.39, 0.29) is 12.3 Å². The number of esters is 1. The van der Waals surface area contributed by atoms with Crippen LogP contribution in [0.25, 0.3) is 0 Å². The molecule has 0 aliphatic heterocycles. The van der Waals surface area contributed by atoms with Crippen LogP contribution in [0.2, 0.25) is 0 Å². The van der Waals surface area contributed by atoms with E-state index in [9.17, 15) is 9.59 Å². The molecule has 2 aromatic rings. The molecule has 0 fully saturated rings. The largest absolute Gasteiger partial charge is 0.451 e. The van der Waals surface area contributed by atoms with Crippen molar-refractivity contribution in [2.45, 2.75) is 26.8 Å². The standard InChI is InChI=1S/C19H23N3O3/c1-4-22(14(2)3)16-10-8-15(9-11-16)21-18(23)13-25-19(24)17-7-5-6-12-20-17/h5-12,14H,4,13H2,1-3H3,(H,21,23). The van der Waals surface area contributed by atoms with E-state index in [1.165, 1.54) is 12.3 Å². The van der Waals surface area contributed by atoms with Crippen LogP contribution in [0.5, 0.6) is 0 Å². The van der Waals surface area contributed by atoms with Crippen LogP contribution in [0.4, 0.5) is 11.4 Å². The second-order valence-electron chi connectivity index (χ2n) is 5.77. The predicted octanol–water partition coefficient (Wildman–Crippen LogP) is 3.11. The maximum absolute atomic E-state index is 11.9. The normalized spacial score (nSPS) is 10.4. The molecule has 6 heteroatoms. The summed E-state index contributed by atoms with van der Waals surface area (Å²) in [6.07, 6.45) is 1.50. The van der Waals surface area contributed by atoms with Crippen LogP contribution in [0.15, 0.2) is 48.7 Å². The van der Waals surface area contributed by atoms with Gasteiger partial charge in [-0.2, -0.15) is 0 Å². The molecule has 25 heavy (non-hydrogen) atoms. The van der Waals surface area contributed by atoms with Crippen molar-refractivity contribution in [2.75, 3.05) is 23.4 Å². The fourth-order valence-corrected chi connectivity index (χ4v) is 2.47. The van der Waals surface area contributed by atoms with Gasteiger partial charge in [0.05, 0.1) is 0 Å². The molecule has 0 saturated heterocycles. The Labute approximate surface area is 147 Å². The summed E-state index contributed by atoms with van der Waals surface area (Å²) < 4.78 is 4.95. The Hall–Kier alpha value is -2.89. The lowest BCUT2D eigenvalue weighted by Gasteiger charge is -2.27. The van der Waals surface area contributed by atoms with Gasteiger partial charge in [-0.05, 0) is 57.2 Å². The van der Waals surface area contributed by atoms with Crippen molar-refractivity contribution in [1.82, 2.24) is 4.98 Å². The molecule has 0 bridgehead atoms. The number of anilines is 2. The molecular weight excluding hydrogens is 318 g/mol. The highest BCUT2D eigenvalue weighted by molar-refractivity contribution is 5.94. The molecule has 0 atom stereocenters. The van der Waals surface area contributed by atoms with Crippen molar-refractivity contribution in [3.63, 3.8) is 0 Å². The summed E-state index contributed by atoms with van der Waals surface area (Å²) in [5.41, 5.74) is 1.92. The van der Waals surface area contributed by atoms with Crippen LogP contribution in [0, 0.1) is 0 Å². The number of hydrogen-bond donors (Lipinski definition) is 1. The fraction of sp³-hybridized carbons (Fsp3) is 0.316. The zero-order valence-corrected chi connectivity index (χ0v) is 14.7. The highest BCUT2D eigenvalue weighted by Crippen LogP contribution is 2.19. The molecule has 1 aromatic carbocycles. The number of amides is 1. The monoisotopic (exact) mass is 341 g/mol. The summed E-state index contributed by atoms with van der Waals surface area (Å²) in [5, 5.41) is 2.71. The maximum atomic E-state index is 11.9. The van der Waals surface area contributed by atoms with Gasteiger partial charge in [-0.15, -0.1) is 0 Å². The van der Waals surface area contributed by atoms with E-state index in [0.717, 1.165) is 12.2 Å².